The van der Waals surface area contributed by atoms with Crippen LogP contribution in [-0.2, 0) is 58.7 Å². The minimum atomic E-state index is -0.649. The summed E-state index contributed by atoms with van der Waals surface area (Å²) in [5.74, 6) is 1.69. The Hall–Kier alpha value is -7.01. The second kappa shape index (κ2) is 46.2. The number of urea groups is 1. The van der Waals surface area contributed by atoms with Gasteiger partial charge >= 0.3 is 30.4 Å². The number of carbonyl (C=O) groups excluding carboxylic acids is 5. The Balaban J connectivity index is 0.951. The predicted molar refractivity (Wildman–Crippen MR) is 334 cm³/mol. The highest BCUT2D eigenvalue weighted by atomic mass is 35.5. The molecule has 1 heterocycles. The largest absolute Gasteiger partial charge is 0.492 e. The smallest absolute Gasteiger partial charge is 0.407 e. The third-order valence-electron chi connectivity index (χ3n) is 12.4. The Morgan fingerprint density at radius 1 is 0.580 bits per heavy atom. The van der Waals surface area contributed by atoms with Gasteiger partial charge in [-0.25, -0.2) is 24.0 Å². The maximum absolute atomic E-state index is 13.6. The third kappa shape index (κ3) is 35.1. The number of carbonyl (C=O) groups is 5. The van der Waals surface area contributed by atoms with E-state index >= 15 is 0 Å². The standard InChI is InChI=1S/C61H92ClN9O17/c1-61(2,3)54(63)46-55(70-56(72)69-52-17-18-53(51-16-7-6-15-50(51)52)84-34-25-71-23-32-81-33-24-71)68-49-14-12-13-48(45-49)47-67-60(76)88-44-42-83-40-38-80-30-21-65-58(74)86-28-11-10-27-85-57(73)64-20-29-79-37-39-82-41-43-87-59(75)66-22-31-78-36-35-77-26-9-5-4-8-19-62/h6-7,10-18,45-46,63,68H,4-5,8-9,19-44,47H2,1-3H3,(H,64,73)(H,65,74)(H,66,75)(H,67,76)(H2,69,70,72)/b11-10+,55-46+,63-54?. The van der Waals surface area contributed by atoms with Crippen LogP contribution in [0.3, 0.4) is 0 Å². The van der Waals surface area contributed by atoms with Gasteiger partial charge in [-0.1, -0.05) is 70.0 Å². The number of amides is 6. The van der Waals surface area contributed by atoms with E-state index in [1.807, 2.05) is 69.3 Å². The predicted octanol–water partition coefficient (Wildman–Crippen LogP) is 7.55. The maximum Gasteiger partial charge on any atom is 0.407 e. The van der Waals surface area contributed by atoms with Crippen LogP contribution in [0.1, 0.15) is 52.0 Å². The monoisotopic (exact) mass is 1260 g/mol. The number of anilines is 2. The van der Waals surface area contributed by atoms with Crippen LogP contribution in [0.4, 0.5) is 35.3 Å². The van der Waals surface area contributed by atoms with Gasteiger partial charge in [0.15, 0.2) is 0 Å². The lowest BCUT2D eigenvalue weighted by molar-refractivity contribution is 0.0276. The number of ether oxygens (including phenoxy) is 12. The second-order valence-corrected chi connectivity index (χ2v) is 20.8. The first-order chi connectivity index (χ1) is 42.8. The van der Waals surface area contributed by atoms with Crippen molar-refractivity contribution in [2.75, 3.05) is 181 Å². The molecule has 4 rings (SSSR count). The highest BCUT2D eigenvalue weighted by molar-refractivity contribution is 6.17. The fourth-order valence-corrected chi connectivity index (χ4v) is 7.90. The van der Waals surface area contributed by atoms with Gasteiger partial charge in [0, 0.05) is 92.0 Å². The van der Waals surface area contributed by atoms with Gasteiger partial charge in [0.05, 0.1) is 91.6 Å². The van der Waals surface area contributed by atoms with Crippen LogP contribution < -0.4 is 42.0 Å². The van der Waals surface area contributed by atoms with E-state index < -0.39 is 35.8 Å². The van der Waals surface area contributed by atoms with Crippen LogP contribution in [0.25, 0.3) is 10.8 Å². The van der Waals surface area contributed by atoms with Crippen molar-refractivity contribution in [3.05, 3.63) is 90.3 Å². The molecule has 0 radical (unpaired) electrons. The first-order valence-corrected chi connectivity index (χ1v) is 30.3. The number of nitrogens with zero attached hydrogens (tertiary/aromatic N) is 1. The number of nitrogens with one attached hydrogen (secondary N) is 8. The van der Waals surface area contributed by atoms with Crippen molar-refractivity contribution in [3.8, 4) is 5.75 Å². The first-order valence-electron chi connectivity index (χ1n) is 29.8. The number of hydrogen-bond donors (Lipinski definition) is 8. The highest BCUT2D eigenvalue weighted by Crippen LogP contribution is 2.32. The minimum Gasteiger partial charge on any atom is -0.492 e. The molecule has 0 bridgehead atoms. The molecule has 8 N–H and O–H groups in total. The topological polar surface area (TPSA) is 307 Å². The molecule has 1 fully saturated rings. The Morgan fingerprint density at radius 2 is 1.11 bits per heavy atom. The van der Waals surface area contributed by atoms with Crippen LogP contribution >= 0.6 is 11.6 Å². The number of hydrogen-bond acceptors (Lipinski definition) is 20. The molecule has 0 saturated carbocycles. The zero-order valence-electron chi connectivity index (χ0n) is 51.2. The van der Waals surface area contributed by atoms with Crippen molar-refractivity contribution in [2.24, 2.45) is 5.41 Å². The molecule has 490 valence electrons. The summed E-state index contributed by atoms with van der Waals surface area (Å²) < 4.78 is 64.7. The molecular weight excluding hydrogens is 1170 g/mol. The molecular formula is C61H92ClN9O17. The second-order valence-electron chi connectivity index (χ2n) is 20.4. The summed E-state index contributed by atoms with van der Waals surface area (Å²) in [4.78, 5) is 64.0. The van der Waals surface area contributed by atoms with Crippen molar-refractivity contribution >= 4 is 69.9 Å². The minimum absolute atomic E-state index is 0.00331. The molecule has 1 aliphatic heterocycles. The summed E-state index contributed by atoms with van der Waals surface area (Å²) >= 11 is 5.66. The van der Waals surface area contributed by atoms with Crippen LogP contribution in [0.15, 0.2) is 84.7 Å². The van der Waals surface area contributed by atoms with Gasteiger partial charge < -0.3 is 94.2 Å². The number of unbranched alkanes of at least 4 members (excludes halogenated alkanes) is 3. The van der Waals surface area contributed by atoms with Crippen molar-refractivity contribution in [2.45, 2.75) is 53.0 Å². The third-order valence-corrected chi connectivity index (χ3v) is 12.7. The van der Waals surface area contributed by atoms with Crippen molar-refractivity contribution < 1.29 is 80.8 Å². The lowest BCUT2D eigenvalue weighted by Crippen LogP contribution is -2.38. The highest BCUT2D eigenvalue weighted by Gasteiger charge is 2.19. The number of allylic oxidation sites excluding steroid dienone is 1. The molecule has 0 atom stereocenters. The van der Waals surface area contributed by atoms with E-state index in [1.165, 1.54) is 12.2 Å². The van der Waals surface area contributed by atoms with Gasteiger partial charge in [-0.2, -0.15) is 0 Å². The van der Waals surface area contributed by atoms with Crippen LogP contribution in [0.5, 0.6) is 5.75 Å². The number of alkyl carbamates (subject to hydrolysis) is 4. The van der Waals surface area contributed by atoms with Gasteiger partial charge in [0.25, 0.3) is 0 Å². The van der Waals surface area contributed by atoms with Gasteiger partial charge in [0.1, 0.15) is 44.6 Å². The number of benzene rings is 3. The Bertz CT molecular complexity index is 2550. The number of halogens is 1. The average molecular weight is 1260 g/mol. The zero-order chi connectivity index (χ0) is 63.1. The molecule has 0 aliphatic carbocycles. The average Bonchev–Trinajstić information content (AvgIpc) is 3.68. The zero-order valence-corrected chi connectivity index (χ0v) is 51.9. The molecule has 0 spiro atoms. The normalized spacial score (nSPS) is 12.7. The van der Waals surface area contributed by atoms with Crippen molar-refractivity contribution in [3.63, 3.8) is 0 Å². The van der Waals surface area contributed by atoms with E-state index in [-0.39, 0.29) is 110 Å². The SMILES string of the molecule is CC(C)(C)C(=N)/C=C(/NC(=O)Nc1ccc(OCCN2CCOCC2)c2ccccc12)Nc1cccc(CNC(=O)OCCOCCOCCNC(=O)OC/C=C/COC(=O)NCCOCCOCCOC(=O)NCCOCCOCCCCCCCl)c1. The molecule has 27 heteroatoms. The van der Waals surface area contributed by atoms with Gasteiger partial charge in [-0.05, 0) is 54.8 Å². The number of alkyl halides is 1. The molecule has 0 aromatic heterocycles. The number of fused-ring (bicyclic) bond motifs is 1. The lowest BCUT2D eigenvalue weighted by atomic mass is 9.90. The summed E-state index contributed by atoms with van der Waals surface area (Å²) in [6.07, 6.45) is 6.41. The summed E-state index contributed by atoms with van der Waals surface area (Å²) in [6.45, 7) is 14.9. The molecule has 3 aromatic carbocycles. The summed E-state index contributed by atoms with van der Waals surface area (Å²) in [5.41, 5.74) is 1.71. The maximum atomic E-state index is 13.6. The van der Waals surface area contributed by atoms with Crippen LogP contribution in [0, 0.1) is 10.8 Å². The van der Waals surface area contributed by atoms with E-state index in [9.17, 15) is 24.0 Å². The Morgan fingerprint density at radius 3 is 1.70 bits per heavy atom. The fourth-order valence-electron chi connectivity index (χ4n) is 7.71. The summed E-state index contributed by atoms with van der Waals surface area (Å²) in [7, 11) is 0. The molecule has 1 saturated heterocycles. The molecule has 88 heavy (non-hydrogen) atoms. The molecule has 1 aliphatic rings. The Labute approximate surface area is 521 Å². The molecule has 0 unspecified atom stereocenters. The van der Waals surface area contributed by atoms with E-state index in [2.05, 4.69) is 42.1 Å². The van der Waals surface area contributed by atoms with Crippen LogP contribution in [-0.4, -0.2) is 212 Å². The number of rotatable bonds is 45. The van der Waals surface area contributed by atoms with E-state index in [0.717, 1.165) is 80.6 Å². The van der Waals surface area contributed by atoms with E-state index in [4.69, 9.17) is 73.9 Å². The molecule has 6 amide bonds. The molecule has 3 aromatic rings. The quantitative estimate of drug-likeness (QED) is 0.00890. The van der Waals surface area contributed by atoms with Gasteiger partial charge in [-0.3, -0.25) is 10.2 Å². The van der Waals surface area contributed by atoms with Gasteiger partial charge in [-0.15, -0.1) is 11.6 Å². The lowest BCUT2D eigenvalue weighted by Gasteiger charge is -2.26. The van der Waals surface area contributed by atoms with Crippen LogP contribution in [0.2, 0.25) is 0 Å². The van der Waals surface area contributed by atoms with E-state index in [1.54, 1.807) is 18.2 Å². The summed E-state index contributed by atoms with van der Waals surface area (Å²) in [5, 5.41) is 29.9. The number of morpholine rings is 1. The van der Waals surface area contributed by atoms with Gasteiger partial charge in [0.2, 0.25) is 0 Å². The van der Waals surface area contributed by atoms with E-state index in [0.29, 0.717) is 56.8 Å². The fraction of sp³-hybridized carbons (Fsp3) is 0.574. The van der Waals surface area contributed by atoms with Crippen molar-refractivity contribution in [1.82, 2.24) is 31.5 Å². The first kappa shape index (κ1) is 73.5. The summed E-state index contributed by atoms with van der Waals surface area (Å²) in [6, 6.07) is 18.1. The molecule has 26 nitrogen and oxygen atoms in total. The Kier molecular flexibility index (Phi) is 38.5. The van der Waals surface area contributed by atoms with Crippen molar-refractivity contribution in [1.29, 1.82) is 5.41 Å².